The van der Waals surface area contributed by atoms with Crippen LogP contribution in [0.3, 0.4) is 0 Å². The van der Waals surface area contributed by atoms with E-state index in [4.69, 9.17) is 30.8 Å². The van der Waals surface area contributed by atoms with Gasteiger partial charge in [-0.15, -0.1) is 0 Å². The zero-order valence-electron chi connectivity index (χ0n) is 16.8. The van der Waals surface area contributed by atoms with E-state index in [1.54, 1.807) is 32.7 Å². The summed E-state index contributed by atoms with van der Waals surface area (Å²) in [4.78, 5) is 9.55. The van der Waals surface area contributed by atoms with Crippen molar-refractivity contribution in [1.82, 2.24) is 9.88 Å². The molecule has 0 aliphatic carbocycles. The standard InChI is InChI=1S/C21H24ClN3O3S/c1-26-15-4-6-17(27-2)14(12-15)13-24-8-10-25(11-9-24)21-23-19-18(28-3)7-5-16(22)20(19)29-21/h4-7,12H,8-11,13H2,1-3H3. The molecule has 1 saturated heterocycles. The van der Waals surface area contributed by atoms with Crippen molar-refractivity contribution in [2.75, 3.05) is 52.4 Å². The fourth-order valence-electron chi connectivity index (χ4n) is 3.58. The molecule has 1 aliphatic heterocycles. The second kappa shape index (κ2) is 8.65. The summed E-state index contributed by atoms with van der Waals surface area (Å²) >= 11 is 7.99. The lowest BCUT2D eigenvalue weighted by atomic mass is 10.1. The topological polar surface area (TPSA) is 47.1 Å². The maximum Gasteiger partial charge on any atom is 0.186 e. The number of nitrogens with zero attached hydrogens (tertiary/aromatic N) is 3. The molecule has 1 fully saturated rings. The van der Waals surface area contributed by atoms with Crippen LogP contribution in [0, 0.1) is 0 Å². The number of thiazole rings is 1. The zero-order chi connectivity index (χ0) is 20.4. The average molecular weight is 434 g/mol. The highest BCUT2D eigenvalue weighted by molar-refractivity contribution is 7.22. The third kappa shape index (κ3) is 4.08. The number of anilines is 1. The SMILES string of the molecule is COc1ccc(OC)c(CN2CCN(c3nc4c(OC)ccc(Cl)c4s3)CC2)c1. The predicted octanol–water partition coefficient (Wildman–Crippen LogP) is 4.30. The Balaban J connectivity index is 1.46. The fraction of sp³-hybridized carbons (Fsp3) is 0.381. The normalized spacial score (nSPS) is 15.0. The maximum atomic E-state index is 6.37. The molecule has 1 aliphatic rings. The van der Waals surface area contributed by atoms with Crippen LogP contribution in [0.15, 0.2) is 30.3 Å². The quantitative estimate of drug-likeness (QED) is 0.577. The molecule has 0 amide bonds. The first-order valence-corrected chi connectivity index (χ1v) is 10.6. The van der Waals surface area contributed by atoms with Gasteiger partial charge in [-0.25, -0.2) is 4.98 Å². The highest BCUT2D eigenvalue weighted by atomic mass is 35.5. The molecule has 0 N–H and O–H groups in total. The van der Waals surface area contributed by atoms with Gasteiger partial charge in [-0.3, -0.25) is 4.90 Å². The average Bonchev–Trinajstić information content (AvgIpc) is 3.21. The Morgan fingerprint density at radius 2 is 1.69 bits per heavy atom. The first-order chi connectivity index (χ1) is 14.1. The monoisotopic (exact) mass is 433 g/mol. The first-order valence-electron chi connectivity index (χ1n) is 9.44. The van der Waals surface area contributed by atoms with Gasteiger partial charge in [0.05, 0.1) is 31.1 Å². The van der Waals surface area contributed by atoms with E-state index in [1.165, 1.54) is 0 Å². The third-order valence-corrected chi connectivity index (χ3v) is 6.77. The van der Waals surface area contributed by atoms with Crippen LogP contribution < -0.4 is 19.1 Å². The smallest absolute Gasteiger partial charge is 0.186 e. The van der Waals surface area contributed by atoms with Gasteiger partial charge in [0, 0.05) is 38.3 Å². The first kappa shape index (κ1) is 20.1. The minimum atomic E-state index is 0.716. The molecular formula is C21H24ClN3O3S. The van der Waals surface area contributed by atoms with Crippen LogP contribution in [0.2, 0.25) is 5.02 Å². The lowest BCUT2D eigenvalue weighted by Gasteiger charge is -2.34. The van der Waals surface area contributed by atoms with E-state index in [0.29, 0.717) is 5.02 Å². The third-order valence-electron chi connectivity index (χ3n) is 5.19. The highest BCUT2D eigenvalue weighted by Crippen LogP contribution is 2.39. The molecule has 0 radical (unpaired) electrons. The Morgan fingerprint density at radius 3 is 2.38 bits per heavy atom. The van der Waals surface area contributed by atoms with Crippen LogP contribution in [0.5, 0.6) is 17.2 Å². The van der Waals surface area contributed by atoms with E-state index < -0.39 is 0 Å². The lowest BCUT2D eigenvalue weighted by molar-refractivity contribution is 0.245. The molecule has 0 atom stereocenters. The molecule has 1 aromatic heterocycles. The lowest BCUT2D eigenvalue weighted by Crippen LogP contribution is -2.46. The molecule has 0 unspecified atom stereocenters. The summed E-state index contributed by atoms with van der Waals surface area (Å²) in [5.74, 6) is 2.50. The summed E-state index contributed by atoms with van der Waals surface area (Å²) in [6.45, 7) is 4.54. The van der Waals surface area contributed by atoms with Crippen molar-refractivity contribution in [1.29, 1.82) is 0 Å². The molecule has 8 heteroatoms. The Hall–Kier alpha value is -2.22. The van der Waals surface area contributed by atoms with E-state index in [0.717, 1.165) is 70.9 Å². The van der Waals surface area contributed by atoms with Gasteiger partial charge in [-0.1, -0.05) is 22.9 Å². The summed E-state index contributed by atoms with van der Waals surface area (Å²) in [5.41, 5.74) is 1.97. The molecule has 6 nitrogen and oxygen atoms in total. The van der Waals surface area contributed by atoms with Crippen LogP contribution in [0.25, 0.3) is 10.2 Å². The van der Waals surface area contributed by atoms with Crippen molar-refractivity contribution in [3.8, 4) is 17.2 Å². The number of hydrogen-bond donors (Lipinski definition) is 0. The second-order valence-corrected chi connectivity index (χ2v) is 8.25. The van der Waals surface area contributed by atoms with Gasteiger partial charge < -0.3 is 19.1 Å². The number of benzene rings is 2. The van der Waals surface area contributed by atoms with Crippen molar-refractivity contribution in [2.45, 2.75) is 6.54 Å². The summed E-state index contributed by atoms with van der Waals surface area (Å²) in [6.07, 6.45) is 0. The molecular weight excluding hydrogens is 410 g/mol. The summed E-state index contributed by atoms with van der Waals surface area (Å²) in [5, 5.41) is 1.71. The van der Waals surface area contributed by atoms with Crippen LogP contribution in [0.4, 0.5) is 5.13 Å². The van der Waals surface area contributed by atoms with Gasteiger partial charge in [0.2, 0.25) is 0 Å². The van der Waals surface area contributed by atoms with Crippen molar-refractivity contribution in [3.05, 3.63) is 40.9 Å². The van der Waals surface area contributed by atoms with Crippen molar-refractivity contribution < 1.29 is 14.2 Å². The number of rotatable bonds is 6. The molecule has 0 bridgehead atoms. The number of fused-ring (bicyclic) bond motifs is 1. The van der Waals surface area contributed by atoms with E-state index in [-0.39, 0.29) is 0 Å². The van der Waals surface area contributed by atoms with Crippen molar-refractivity contribution in [3.63, 3.8) is 0 Å². The van der Waals surface area contributed by atoms with E-state index in [2.05, 4.69) is 9.80 Å². The molecule has 3 aromatic rings. The van der Waals surface area contributed by atoms with Crippen molar-refractivity contribution in [2.24, 2.45) is 0 Å². The van der Waals surface area contributed by atoms with Gasteiger partial charge in [0.15, 0.2) is 5.13 Å². The van der Waals surface area contributed by atoms with Gasteiger partial charge in [-0.05, 0) is 30.3 Å². The highest BCUT2D eigenvalue weighted by Gasteiger charge is 2.22. The zero-order valence-corrected chi connectivity index (χ0v) is 18.3. The minimum Gasteiger partial charge on any atom is -0.497 e. The summed E-state index contributed by atoms with van der Waals surface area (Å²) < 4.78 is 17.3. The van der Waals surface area contributed by atoms with Gasteiger partial charge >= 0.3 is 0 Å². The van der Waals surface area contributed by atoms with Crippen LogP contribution in [-0.4, -0.2) is 57.4 Å². The Kier molecular flexibility index (Phi) is 5.99. The molecule has 29 heavy (non-hydrogen) atoms. The largest absolute Gasteiger partial charge is 0.497 e. The predicted molar refractivity (Wildman–Crippen MR) is 118 cm³/mol. The minimum absolute atomic E-state index is 0.716. The number of piperazine rings is 1. The Morgan fingerprint density at radius 1 is 0.966 bits per heavy atom. The molecule has 4 rings (SSSR count). The van der Waals surface area contributed by atoms with E-state index in [9.17, 15) is 0 Å². The molecule has 2 aromatic carbocycles. The van der Waals surface area contributed by atoms with Crippen LogP contribution in [-0.2, 0) is 6.54 Å². The Labute approximate surface area is 179 Å². The number of hydrogen-bond acceptors (Lipinski definition) is 7. The van der Waals surface area contributed by atoms with Crippen LogP contribution >= 0.6 is 22.9 Å². The number of aromatic nitrogens is 1. The van der Waals surface area contributed by atoms with Gasteiger partial charge in [0.1, 0.15) is 22.8 Å². The molecule has 154 valence electrons. The van der Waals surface area contributed by atoms with Gasteiger partial charge in [0.25, 0.3) is 0 Å². The second-order valence-electron chi connectivity index (χ2n) is 6.86. The fourth-order valence-corrected chi connectivity index (χ4v) is 4.89. The van der Waals surface area contributed by atoms with E-state index >= 15 is 0 Å². The van der Waals surface area contributed by atoms with Gasteiger partial charge in [-0.2, -0.15) is 0 Å². The molecule has 0 spiro atoms. The molecule has 2 heterocycles. The summed E-state index contributed by atoms with van der Waals surface area (Å²) in [6, 6.07) is 9.67. The maximum absolute atomic E-state index is 6.37. The molecule has 0 saturated carbocycles. The number of ether oxygens (including phenoxy) is 3. The number of halogens is 1. The number of methoxy groups -OCH3 is 3. The summed E-state index contributed by atoms with van der Waals surface area (Å²) in [7, 11) is 5.05. The van der Waals surface area contributed by atoms with Crippen LogP contribution in [0.1, 0.15) is 5.56 Å². The van der Waals surface area contributed by atoms with E-state index in [1.807, 2.05) is 30.3 Å². The van der Waals surface area contributed by atoms with Crippen molar-refractivity contribution >= 4 is 38.3 Å². The Bertz CT molecular complexity index is 1000.